The fourth-order valence-corrected chi connectivity index (χ4v) is 5.27. The van der Waals surface area contributed by atoms with Crippen LogP contribution < -0.4 is 5.32 Å². The van der Waals surface area contributed by atoms with Gasteiger partial charge in [-0.1, -0.05) is 36.2 Å². The number of hydrogen-bond acceptors (Lipinski definition) is 3. The van der Waals surface area contributed by atoms with Gasteiger partial charge in [0, 0.05) is 55.9 Å². The summed E-state index contributed by atoms with van der Waals surface area (Å²) < 4.78 is 0. The molecule has 2 heterocycles. The number of benzene rings is 1. The van der Waals surface area contributed by atoms with Crippen molar-refractivity contribution in [2.75, 3.05) is 32.7 Å². The molecule has 1 aliphatic carbocycles. The van der Waals surface area contributed by atoms with Gasteiger partial charge >= 0.3 is 6.09 Å². The summed E-state index contributed by atoms with van der Waals surface area (Å²) in [5.41, 5.74) is 0.772. The number of carboxylic acid groups (broad SMARTS) is 1. The number of hydrogen-bond donors (Lipinski definition) is 2. The SMILES string of the molecule is CC1(C(=O)N2CCC(C(=O)N3C[C@H](CNC(=O)O)[C@H](c4ccc(Cl)c(Cl)c4)C3)CC2)CC1. The van der Waals surface area contributed by atoms with Crippen LogP contribution in [0.15, 0.2) is 18.2 Å². The first-order valence-electron chi connectivity index (χ1n) is 11.2. The van der Waals surface area contributed by atoms with Crippen LogP contribution in [0.1, 0.15) is 44.1 Å². The van der Waals surface area contributed by atoms with Gasteiger partial charge in [-0.15, -0.1) is 0 Å². The quantitative estimate of drug-likeness (QED) is 0.668. The number of carbonyl (C=O) groups is 3. The van der Waals surface area contributed by atoms with E-state index in [2.05, 4.69) is 5.32 Å². The van der Waals surface area contributed by atoms with Crippen LogP contribution in [0.4, 0.5) is 4.79 Å². The Morgan fingerprint density at radius 2 is 1.78 bits per heavy atom. The zero-order valence-electron chi connectivity index (χ0n) is 18.2. The van der Waals surface area contributed by atoms with Crippen molar-refractivity contribution in [2.24, 2.45) is 17.3 Å². The molecular weight excluding hydrogens is 453 g/mol. The predicted molar refractivity (Wildman–Crippen MR) is 122 cm³/mol. The molecule has 1 saturated carbocycles. The molecule has 3 fully saturated rings. The highest BCUT2D eigenvalue weighted by molar-refractivity contribution is 6.42. The van der Waals surface area contributed by atoms with Crippen LogP contribution in [0.2, 0.25) is 10.0 Å². The number of likely N-dealkylation sites (tertiary alicyclic amines) is 2. The first kappa shape index (κ1) is 23.2. The highest BCUT2D eigenvalue weighted by Crippen LogP contribution is 2.47. The summed E-state index contributed by atoms with van der Waals surface area (Å²) in [4.78, 5) is 40.7. The van der Waals surface area contributed by atoms with Crippen molar-refractivity contribution in [1.29, 1.82) is 0 Å². The van der Waals surface area contributed by atoms with Gasteiger partial charge in [0.2, 0.25) is 11.8 Å². The van der Waals surface area contributed by atoms with E-state index in [-0.39, 0.29) is 41.5 Å². The van der Waals surface area contributed by atoms with Crippen LogP contribution >= 0.6 is 23.2 Å². The molecule has 3 aliphatic rings. The van der Waals surface area contributed by atoms with Gasteiger partial charge in [0.1, 0.15) is 0 Å². The van der Waals surface area contributed by atoms with Gasteiger partial charge in [-0.05, 0) is 43.4 Å². The first-order chi connectivity index (χ1) is 15.2. The summed E-state index contributed by atoms with van der Waals surface area (Å²) in [6, 6.07) is 5.43. The minimum absolute atomic E-state index is 0.0305. The van der Waals surface area contributed by atoms with E-state index in [0.29, 0.717) is 49.1 Å². The van der Waals surface area contributed by atoms with Crippen molar-refractivity contribution in [2.45, 2.75) is 38.5 Å². The third-order valence-corrected chi connectivity index (χ3v) is 8.03. The molecule has 2 aliphatic heterocycles. The lowest BCUT2D eigenvalue weighted by atomic mass is 9.89. The number of halogens is 2. The average Bonchev–Trinajstić information content (AvgIpc) is 3.38. The van der Waals surface area contributed by atoms with Crippen molar-refractivity contribution in [1.82, 2.24) is 15.1 Å². The van der Waals surface area contributed by atoms with Crippen LogP contribution in [0.25, 0.3) is 0 Å². The maximum absolute atomic E-state index is 13.3. The number of piperidine rings is 1. The van der Waals surface area contributed by atoms with E-state index in [1.165, 1.54) is 0 Å². The smallest absolute Gasteiger partial charge is 0.404 e. The van der Waals surface area contributed by atoms with Crippen LogP contribution in [-0.4, -0.2) is 65.5 Å². The van der Waals surface area contributed by atoms with E-state index >= 15 is 0 Å². The Labute approximate surface area is 198 Å². The van der Waals surface area contributed by atoms with Crippen LogP contribution in [0, 0.1) is 17.3 Å². The molecule has 1 aromatic carbocycles. The number of nitrogens with zero attached hydrogens (tertiary/aromatic N) is 2. The largest absolute Gasteiger partial charge is 0.465 e. The molecule has 9 heteroatoms. The van der Waals surface area contributed by atoms with Gasteiger partial charge in [-0.2, -0.15) is 0 Å². The molecule has 0 radical (unpaired) electrons. The van der Waals surface area contributed by atoms with E-state index < -0.39 is 6.09 Å². The van der Waals surface area contributed by atoms with E-state index in [4.69, 9.17) is 28.3 Å². The summed E-state index contributed by atoms with van der Waals surface area (Å²) in [7, 11) is 0. The first-order valence-corrected chi connectivity index (χ1v) is 11.9. The second-order valence-corrected chi connectivity index (χ2v) is 10.4. The molecule has 2 atom stereocenters. The molecule has 7 nitrogen and oxygen atoms in total. The molecule has 4 rings (SSSR count). The zero-order chi connectivity index (χ0) is 23.0. The summed E-state index contributed by atoms with van der Waals surface area (Å²) in [5.74, 6) is 0.134. The number of rotatable bonds is 5. The summed E-state index contributed by atoms with van der Waals surface area (Å²) in [5, 5.41) is 12.4. The molecule has 2 saturated heterocycles. The monoisotopic (exact) mass is 481 g/mol. The molecular formula is C23H29Cl2N3O4. The van der Waals surface area contributed by atoms with Gasteiger partial charge in [-0.3, -0.25) is 9.59 Å². The van der Waals surface area contributed by atoms with Crippen LogP contribution in [0.3, 0.4) is 0 Å². The van der Waals surface area contributed by atoms with Crippen molar-refractivity contribution in [3.05, 3.63) is 33.8 Å². The van der Waals surface area contributed by atoms with E-state index in [1.54, 1.807) is 12.1 Å². The highest BCUT2D eigenvalue weighted by atomic mass is 35.5. The van der Waals surface area contributed by atoms with Crippen molar-refractivity contribution >= 4 is 41.1 Å². The van der Waals surface area contributed by atoms with Crippen LogP contribution in [-0.2, 0) is 9.59 Å². The molecule has 0 aromatic heterocycles. The Kier molecular flexibility index (Phi) is 6.59. The molecule has 0 bridgehead atoms. The van der Waals surface area contributed by atoms with Crippen molar-refractivity contribution in [3.8, 4) is 0 Å². The molecule has 0 unspecified atom stereocenters. The lowest BCUT2D eigenvalue weighted by molar-refractivity contribution is -0.142. The van der Waals surface area contributed by atoms with Crippen molar-refractivity contribution < 1.29 is 19.5 Å². The molecule has 2 N–H and O–H groups in total. The van der Waals surface area contributed by atoms with Crippen LogP contribution in [0.5, 0.6) is 0 Å². The maximum atomic E-state index is 13.3. The third-order valence-electron chi connectivity index (χ3n) is 7.29. The van der Waals surface area contributed by atoms with Gasteiger partial charge in [0.25, 0.3) is 0 Å². The number of nitrogens with one attached hydrogen (secondary N) is 1. The minimum Gasteiger partial charge on any atom is -0.465 e. The van der Waals surface area contributed by atoms with Gasteiger partial charge in [0.05, 0.1) is 10.0 Å². The number of carbonyl (C=O) groups excluding carboxylic acids is 2. The van der Waals surface area contributed by atoms with Crippen molar-refractivity contribution in [3.63, 3.8) is 0 Å². The second kappa shape index (κ2) is 9.10. The van der Waals surface area contributed by atoms with Gasteiger partial charge in [0.15, 0.2) is 0 Å². The Morgan fingerprint density at radius 1 is 1.09 bits per heavy atom. The summed E-state index contributed by atoms with van der Waals surface area (Å²) in [6.07, 6.45) is 2.18. The Morgan fingerprint density at radius 3 is 2.38 bits per heavy atom. The highest BCUT2D eigenvalue weighted by Gasteiger charge is 2.48. The lowest BCUT2D eigenvalue weighted by Crippen LogP contribution is -2.46. The number of amides is 3. The second-order valence-electron chi connectivity index (χ2n) is 9.60. The minimum atomic E-state index is -1.08. The summed E-state index contributed by atoms with van der Waals surface area (Å²) in [6.45, 7) is 4.53. The molecule has 32 heavy (non-hydrogen) atoms. The maximum Gasteiger partial charge on any atom is 0.404 e. The molecule has 0 spiro atoms. The van der Waals surface area contributed by atoms with Gasteiger partial charge in [-0.25, -0.2) is 4.79 Å². The topological polar surface area (TPSA) is 90.0 Å². The molecule has 1 aromatic rings. The molecule has 3 amide bonds. The average molecular weight is 482 g/mol. The van der Waals surface area contributed by atoms with E-state index in [0.717, 1.165) is 18.4 Å². The fraction of sp³-hybridized carbons (Fsp3) is 0.609. The Bertz CT molecular complexity index is 913. The fourth-order valence-electron chi connectivity index (χ4n) is 4.97. The standard InChI is InChI=1S/C23H29Cl2N3O4/c1-23(6-7-23)21(30)27-8-4-14(5-9-27)20(29)28-12-16(11-26-22(31)32)17(13-28)15-2-3-18(24)19(25)10-15/h2-3,10,14,16-17,26H,4-9,11-13H2,1H3,(H,31,32)/t16-,17-/m0/s1. The molecule has 174 valence electrons. The Hall–Kier alpha value is -1.99. The Balaban J connectivity index is 1.41. The normalized spacial score (nSPS) is 25.0. The van der Waals surface area contributed by atoms with E-state index in [1.807, 2.05) is 22.8 Å². The zero-order valence-corrected chi connectivity index (χ0v) is 19.7. The van der Waals surface area contributed by atoms with Gasteiger partial charge < -0.3 is 20.2 Å². The predicted octanol–water partition coefficient (Wildman–Crippen LogP) is 3.84. The summed E-state index contributed by atoms with van der Waals surface area (Å²) >= 11 is 12.3. The third kappa shape index (κ3) is 4.84. The lowest BCUT2D eigenvalue weighted by Gasteiger charge is -2.34. The van der Waals surface area contributed by atoms with E-state index in [9.17, 15) is 14.4 Å².